The van der Waals surface area contributed by atoms with Gasteiger partial charge in [-0.1, -0.05) is 32.1 Å². The van der Waals surface area contributed by atoms with E-state index in [0.29, 0.717) is 6.04 Å². The maximum absolute atomic E-state index is 3.97. The Balaban J connectivity index is 1.96. The topological polar surface area (TPSA) is 43.6 Å². The molecule has 0 aliphatic heterocycles. The molecule has 1 saturated carbocycles. The van der Waals surface area contributed by atoms with Crippen molar-refractivity contribution in [3.63, 3.8) is 0 Å². The van der Waals surface area contributed by atoms with E-state index in [2.05, 4.69) is 15.5 Å². The zero-order chi connectivity index (χ0) is 8.93. The highest BCUT2D eigenvalue weighted by Crippen LogP contribution is 2.24. The van der Waals surface area contributed by atoms with Gasteiger partial charge >= 0.3 is 0 Å². The Bertz CT molecular complexity index is 224. The molecule has 0 saturated heterocycles. The second-order valence-corrected chi connectivity index (χ2v) is 3.79. The van der Waals surface area contributed by atoms with Gasteiger partial charge in [0.05, 0.1) is 6.04 Å². The number of hydrogen-bond donors (Lipinski definition) is 0. The van der Waals surface area contributed by atoms with Crippen LogP contribution in [-0.2, 0) is 0 Å². The van der Waals surface area contributed by atoms with Crippen molar-refractivity contribution in [2.75, 3.05) is 0 Å². The lowest BCUT2D eigenvalue weighted by molar-refractivity contribution is 0.342. The summed E-state index contributed by atoms with van der Waals surface area (Å²) in [6, 6.07) is 0.551. The summed E-state index contributed by atoms with van der Waals surface area (Å²) in [6.07, 6.45) is 11.0. The molecular weight excluding hydrogens is 164 g/mol. The summed E-state index contributed by atoms with van der Waals surface area (Å²) < 4.78 is 1.92. The molecule has 4 nitrogen and oxygen atoms in total. The first-order chi connectivity index (χ1) is 6.47. The van der Waals surface area contributed by atoms with Gasteiger partial charge in [-0.3, -0.25) is 0 Å². The Morgan fingerprint density at radius 3 is 2.31 bits per heavy atom. The van der Waals surface area contributed by atoms with E-state index in [4.69, 9.17) is 0 Å². The summed E-state index contributed by atoms with van der Waals surface area (Å²) in [5, 5.41) is 11.3. The molecule has 1 aromatic rings. The molecular formula is C9H16N4. The van der Waals surface area contributed by atoms with E-state index in [1.807, 2.05) is 4.68 Å². The summed E-state index contributed by atoms with van der Waals surface area (Å²) in [5.74, 6) is 0. The van der Waals surface area contributed by atoms with Gasteiger partial charge in [0.2, 0.25) is 0 Å². The van der Waals surface area contributed by atoms with Gasteiger partial charge in [-0.05, 0) is 23.3 Å². The minimum absolute atomic E-state index is 0.551. The zero-order valence-electron chi connectivity index (χ0n) is 7.89. The summed E-state index contributed by atoms with van der Waals surface area (Å²) in [6.45, 7) is 0. The zero-order valence-corrected chi connectivity index (χ0v) is 7.89. The largest absolute Gasteiger partial charge is 0.229 e. The van der Waals surface area contributed by atoms with Crippen LogP contribution in [0.1, 0.15) is 51.0 Å². The highest BCUT2D eigenvalue weighted by atomic mass is 15.5. The van der Waals surface area contributed by atoms with Gasteiger partial charge in [-0.25, -0.2) is 4.68 Å². The summed E-state index contributed by atoms with van der Waals surface area (Å²) >= 11 is 0. The molecule has 0 spiro atoms. The highest BCUT2D eigenvalue weighted by molar-refractivity contribution is 4.68. The average Bonchev–Trinajstić information content (AvgIpc) is 2.55. The van der Waals surface area contributed by atoms with Gasteiger partial charge in [0.25, 0.3) is 0 Å². The second-order valence-electron chi connectivity index (χ2n) is 3.79. The van der Waals surface area contributed by atoms with Gasteiger partial charge in [0, 0.05) is 0 Å². The fraction of sp³-hybridized carbons (Fsp3) is 0.889. The Kier molecular flexibility index (Phi) is 2.90. The van der Waals surface area contributed by atoms with E-state index >= 15 is 0 Å². The molecule has 1 heterocycles. The molecule has 0 aromatic carbocycles. The molecule has 0 amide bonds. The minimum Gasteiger partial charge on any atom is -0.229 e. The van der Waals surface area contributed by atoms with Gasteiger partial charge in [0.15, 0.2) is 0 Å². The first-order valence-electron chi connectivity index (χ1n) is 5.19. The van der Waals surface area contributed by atoms with E-state index < -0.39 is 0 Å². The predicted molar refractivity (Wildman–Crippen MR) is 49.2 cm³/mol. The average molecular weight is 180 g/mol. The second kappa shape index (κ2) is 4.35. The molecule has 0 atom stereocenters. The normalized spacial score (nSPS) is 20.9. The summed E-state index contributed by atoms with van der Waals surface area (Å²) in [4.78, 5) is 0. The Morgan fingerprint density at radius 1 is 1.00 bits per heavy atom. The monoisotopic (exact) mass is 180 g/mol. The Labute approximate surface area is 78.3 Å². The van der Waals surface area contributed by atoms with Crippen LogP contribution in [0.3, 0.4) is 0 Å². The lowest BCUT2D eigenvalue weighted by Gasteiger charge is -2.18. The van der Waals surface area contributed by atoms with Gasteiger partial charge in [0.1, 0.15) is 6.33 Å². The van der Waals surface area contributed by atoms with E-state index in [1.165, 1.54) is 44.9 Å². The smallest absolute Gasteiger partial charge is 0.138 e. The third-order valence-corrected chi connectivity index (χ3v) is 2.81. The van der Waals surface area contributed by atoms with Crippen molar-refractivity contribution in [2.24, 2.45) is 0 Å². The molecule has 72 valence electrons. The van der Waals surface area contributed by atoms with Crippen molar-refractivity contribution < 1.29 is 0 Å². The van der Waals surface area contributed by atoms with E-state index in [1.54, 1.807) is 6.33 Å². The lowest BCUT2D eigenvalue weighted by Crippen LogP contribution is -2.11. The third kappa shape index (κ3) is 2.26. The van der Waals surface area contributed by atoms with Crippen LogP contribution in [0.5, 0.6) is 0 Å². The number of tetrazole rings is 1. The molecule has 1 aliphatic carbocycles. The van der Waals surface area contributed by atoms with Crippen molar-refractivity contribution in [1.29, 1.82) is 0 Å². The molecule has 0 N–H and O–H groups in total. The minimum atomic E-state index is 0.551. The van der Waals surface area contributed by atoms with Gasteiger partial charge in [-0.15, -0.1) is 5.10 Å². The molecule has 0 unspecified atom stereocenters. The number of rotatable bonds is 1. The van der Waals surface area contributed by atoms with Crippen molar-refractivity contribution >= 4 is 0 Å². The Morgan fingerprint density at radius 2 is 1.69 bits per heavy atom. The SMILES string of the molecule is c1nnnn1C1CCCCCCC1. The van der Waals surface area contributed by atoms with Crippen LogP contribution in [0.25, 0.3) is 0 Å². The fourth-order valence-corrected chi connectivity index (χ4v) is 2.03. The van der Waals surface area contributed by atoms with Crippen LogP contribution in [0.2, 0.25) is 0 Å². The molecule has 0 bridgehead atoms. The van der Waals surface area contributed by atoms with Crippen molar-refractivity contribution in [1.82, 2.24) is 20.2 Å². The lowest BCUT2D eigenvalue weighted by atomic mass is 9.97. The number of nitrogens with zero attached hydrogens (tertiary/aromatic N) is 4. The van der Waals surface area contributed by atoms with Gasteiger partial charge in [-0.2, -0.15) is 0 Å². The standard InChI is InChI=1S/C9H16N4/c1-2-4-6-9(7-5-3-1)13-8-10-11-12-13/h8-9H,1-7H2. The Hall–Kier alpha value is -0.930. The van der Waals surface area contributed by atoms with Crippen LogP contribution in [0.15, 0.2) is 6.33 Å². The first kappa shape index (κ1) is 8.66. The van der Waals surface area contributed by atoms with Crippen molar-refractivity contribution in [3.05, 3.63) is 6.33 Å². The molecule has 1 fully saturated rings. The first-order valence-corrected chi connectivity index (χ1v) is 5.19. The fourth-order valence-electron chi connectivity index (χ4n) is 2.03. The van der Waals surface area contributed by atoms with Crippen LogP contribution < -0.4 is 0 Å². The summed E-state index contributed by atoms with van der Waals surface area (Å²) in [5.41, 5.74) is 0. The predicted octanol–water partition coefficient (Wildman–Crippen LogP) is 1.96. The van der Waals surface area contributed by atoms with Crippen LogP contribution in [-0.4, -0.2) is 20.2 Å². The number of aromatic nitrogens is 4. The molecule has 13 heavy (non-hydrogen) atoms. The van der Waals surface area contributed by atoms with Crippen molar-refractivity contribution in [3.8, 4) is 0 Å². The van der Waals surface area contributed by atoms with Crippen LogP contribution >= 0.6 is 0 Å². The molecule has 1 aliphatic rings. The highest BCUT2D eigenvalue weighted by Gasteiger charge is 2.13. The van der Waals surface area contributed by atoms with E-state index in [9.17, 15) is 0 Å². The third-order valence-electron chi connectivity index (χ3n) is 2.81. The molecule has 1 aromatic heterocycles. The quantitative estimate of drug-likeness (QED) is 0.663. The molecule has 2 rings (SSSR count). The van der Waals surface area contributed by atoms with Gasteiger partial charge < -0.3 is 0 Å². The maximum atomic E-state index is 3.97. The summed E-state index contributed by atoms with van der Waals surface area (Å²) in [7, 11) is 0. The van der Waals surface area contributed by atoms with E-state index in [-0.39, 0.29) is 0 Å². The maximum Gasteiger partial charge on any atom is 0.138 e. The van der Waals surface area contributed by atoms with Crippen LogP contribution in [0.4, 0.5) is 0 Å². The van der Waals surface area contributed by atoms with Crippen LogP contribution in [0, 0.1) is 0 Å². The van der Waals surface area contributed by atoms with E-state index in [0.717, 1.165) is 0 Å². The van der Waals surface area contributed by atoms with Crippen molar-refractivity contribution in [2.45, 2.75) is 51.0 Å². The molecule has 4 heteroatoms. The molecule has 0 radical (unpaired) electrons. The number of hydrogen-bond acceptors (Lipinski definition) is 3.